The Labute approximate surface area is 166 Å². The van der Waals surface area contributed by atoms with Crippen molar-refractivity contribution < 1.29 is 24.4 Å². The number of carbonyl (C=O) groups is 2. The second-order valence-corrected chi connectivity index (χ2v) is 6.73. The van der Waals surface area contributed by atoms with Crippen LogP contribution in [0.3, 0.4) is 0 Å². The highest BCUT2D eigenvalue weighted by atomic mass is 32.1. The maximum absolute atomic E-state index is 12.7. The minimum Gasteiger partial charge on any atom is -0.496 e. The van der Waals surface area contributed by atoms with Crippen LogP contribution in [-0.2, 0) is 11.3 Å². The van der Waals surface area contributed by atoms with E-state index in [1.165, 1.54) is 31.5 Å². The van der Waals surface area contributed by atoms with E-state index in [0.29, 0.717) is 0 Å². The molecule has 2 aromatic heterocycles. The first-order valence-electron chi connectivity index (χ1n) is 8.07. The quantitative estimate of drug-likeness (QED) is 0.455. The molecule has 12 heteroatoms. The summed E-state index contributed by atoms with van der Waals surface area (Å²) in [4.78, 5) is 51.5. The van der Waals surface area contributed by atoms with Gasteiger partial charge in [-0.15, -0.1) is 11.3 Å². The van der Waals surface area contributed by atoms with Crippen molar-refractivity contribution in [2.45, 2.75) is 13.5 Å². The Hall–Kier alpha value is -3.80. The van der Waals surface area contributed by atoms with Crippen LogP contribution in [0.15, 0.2) is 28.4 Å². The molecule has 29 heavy (non-hydrogen) atoms. The highest BCUT2D eigenvalue weighted by Gasteiger charge is 2.21. The van der Waals surface area contributed by atoms with Gasteiger partial charge in [0.1, 0.15) is 28.6 Å². The van der Waals surface area contributed by atoms with Gasteiger partial charge in [0.05, 0.1) is 29.0 Å². The van der Waals surface area contributed by atoms with Crippen LogP contribution in [0.1, 0.15) is 16.2 Å². The molecule has 0 aliphatic rings. The van der Waals surface area contributed by atoms with Crippen molar-refractivity contribution in [3.8, 4) is 5.75 Å². The molecule has 0 radical (unpaired) electrons. The number of carboxylic acid groups (broad SMARTS) is 1. The zero-order valence-electron chi connectivity index (χ0n) is 15.2. The second-order valence-electron chi connectivity index (χ2n) is 5.87. The van der Waals surface area contributed by atoms with E-state index >= 15 is 0 Å². The minimum absolute atomic E-state index is 0.0673. The number of amides is 1. The Morgan fingerprint density at radius 3 is 2.76 bits per heavy atom. The molecule has 1 amide bonds. The number of aryl methyl sites for hydroxylation is 1. The molecule has 0 atom stereocenters. The maximum atomic E-state index is 12.7. The number of nitro groups is 1. The number of carboxylic acids is 1. The Morgan fingerprint density at radius 1 is 1.41 bits per heavy atom. The molecule has 0 aliphatic heterocycles. The standard InChI is InChI=1S/C17H14N4O7S/c1-8-18-15-14(10(7-29-15)17(24)25)16(23)20(8)6-13(22)19-11-4-3-9(28-2)5-12(11)21(26)27/h3-5,7H,6H2,1-2H3,(H,19,22)(H,24,25). The lowest BCUT2D eigenvalue weighted by Crippen LogP contribution is -2.30. The van der Waals surface area contributed by atoms with Crippen molar-refractivity contribution in [3.05, 3.63) is 55.4 Å². The third kappa shape index (κ3) is 3.78. The number of aromatic carboxylic acids is 1. The van der Waals surface area contributed by atoms with E-state index in [-0.39, 0.29) is 38.7 Å². The van der Waals surface area contributed by atoms with Crippen LogP contribution in [0.25, 0.3) is 10.2 Å². The number of nitro benzene ring substituents is 1. The number of methoxy groups -OCH3 is 1. The van der Waals surface area contributed by atoms with E-state index in [1.807, 2.05) is 0 Å². The van der Waals surface area contributed by atoms with E-state index in [2.05, 4.69) is 10.3 Å². The van der Waals surface area contributed by atoms with Crippen LogP contribution in [0, 0.1) is 17.0 Å². The molecule has 0 bridgehead atoms. The van der Waals surface area contributed by atoms with Crippen molar-refractivity contribution in [3.63, 3.8) is 0 Å². The number of ether oxygens (including phenoxy) is 1. The normalized spacial score (nSPS) is 10.7. The number of rotatable bonds is 6. The molecule has 3 rings (SSSR count). The molecule has 0 aliphatic carbocycles. The maximum Gasteiger partial charge on any atom is 0.337 e. The van der Waals surface area contributed by atoms with Gasteiger partial charge in [-0.3, -0.25) is 24.3 Å². The number of benzene rings is 1. The average Bonchev–Trinajstić information content (AvgIpc) is 3.09. The molecule has 0 saturated heterocycles. The van der Waals surface area contributed by atoms with E-state index in [9.17, 15) is 29.6 Å². The molecule has 11 nitrogen and oxygen atoms in total. The SMILES string of the molecule is COc1ccc(NC(=O)Cn2c(C)nc3scc(C(=O)O)c3c2=O)c([N+](=O)[O-])c1. The molecule has 0 saturated carbocycles. The van der Waals surface area contributed by atoms with Crippen LogP contribution < -0.4 is 15.6 Å². The van der Waals surface area contributed by atoms with Crippen molar-refractivity contribution in [2.24, 2.45) is 0 Å². The molecule has 150 valence electrons. The smallest absolute Gasteiger partial charge is 0.337 e. The molecule has 2 heterocycles. The summed E-state index contributed by atoms with van der Waals surface area (Å²) in [6.07, 6.45) is 0. The monoisotopic (exact) mass is 418 g/mol. The Kier molecular flexibility index (Phi) is 5.28. The van der Waals surface area contributed by atoms with Gasteiger partial charge in [-0.1, -0.05) is 0 Å². The van der Waals surface area contributed by atoms with Crippen LogP contribution in [0.5, 0.6) is 5.75 Å². The van der Waals surface area contributed by atoms with Crippen LogP contribution >= 0.6 is 11.3 Å². The third-order valence-electron chi connectivity index (χ3n) is 4.09. The van der Waals surface area contributed by atoms with Crippen LogP contribution in [0.2, 0.25) is 0 Å². The van der Waals surface area contributed by atoms with Gasteiger partial charge in [0, 0.05) is 5.38 Å². The number of nitrogens with one attached hydrogen (secondary N) is 1. The zero-order valence-corrected chi connectivity index (χ0v) is 16.0. The summed E-state index contributed by atoms with van der Waals surface area (Å²) in [6, 6.07) is 3.91. The molecule has 1 aromatic carbocycles. The predicted molar refractivity (Wildman–Crippen MR) is 104 cm³/mol. The largest absolute Gasteiger partial charge is 0.496 e. The molecular weight excluding hydrogens is 404 g/mol. The first-order chi connectivity index (χ1) is 13.7. The fourth-order valence-corrected chi connectivity index (χ4v) is 3.65. The van der Waals surface area contributed by atoms with Gasteiger partial charge in [0.2, 0.25) is 5.91 Å². The summed E-state index contributed by atoms with van der Waals surface area (Å²) < 4.78 is 5.96. The van der Waals surface area contributed by atoms with Gasteiger partial charge < -0.3 is 15.2 Å². The number of hydrogen-bond acceptors (Lipinski definition) is 8. The Morgan fingerprint density at radius 2 is 2.14 bits per heavy atom. The van der Waals surface area contributed by atoms with Crippen LogP contribution in [-0.4, -0.2) is 38.6 Å². The lowest BCUT2D eigenvalue weighted by molar-refractivity contribution is -0.384. The van der Waals surface area contributed by atoms with Crippen molar-refractivity contribution >= 4 is 44.8 Å². The molecule has 0 unspecified atom stereocenters. The molecule has 0 spiro atoms. The summed E-state index contributed by atoms with van der Waals surface area (Å²) in [5.41, 5.74) is -1.31. The van der Waals surface area contributed by atoms with Gasteiger partial charge in [-0.25, -0.2) is 9.78 Å². The zero-order chi connectivity index (χ0) is 21.3. The highest BCUT2D eigenvalue weighted by Crippen LogP contribution is 2.29. The highest BCUT2D eigenvalue weighted by molar-refractivity contribution is 7.17. The Bertz CT molecular complexity index is 1210. The molecule has 3 aromatic rings. The number of nitrogens with zero attached hydrogens (tertiary/aromatic N) is 3. The number of fused-ring (bicyclic) bond motifs is 1. The summed E-state index contributed by atoms with van der Waals surface area (Å²) in [5, 5.41) is 24.1. The number of thiophene rings is 1. The fourth-order valence-electron chi connectivity index (χ4n) is 2.70. The van der Waals surface area contributed by atoms with E-state index in [4.69, 9.17) is 4.74 Å². The van der Waals surface area contributed by atoms with Gasteiger partial charge in [0.15, 0.2) is 0 Å². The minimum atomic E-state index is -1.27. The Balaban J connectivity index is 1.95. The molecule has 2 N–H and O–H groups in total. The van der Waals surface area contributed by atoms with E-state index < -0.39 is 28.9 Å². The lowest BCUT2D eigenvalue weighted by atomic mass is 10.2. The fraction of sp³-hybridized carbons (Fsp3) is 0.176. The van der Waals surface area contributed by atoms with Gasteiger partial charge in [0.25, 0.3) is 11.2 Å². The van der Waals surface area contributed by atoms with E-state index in [0.717, 1.165) is 22.0 Å². The molecule has 0 fully saturated rings. The summed E-state index contributed by atoms with van der Waals surface area (Å²) in [6.45, 7) is 1.01. The number of hydrogen-bond donors (Lipinski definition) is 2. The predicted octanol–water partition coefficient (Wildman–Crippen LogP) is 2.02. The molecular formula is C17H14N4O7S. The second kappa shape index (κ2) is 7.67. The average molecular weight is 418 g/mol. The van der Waals surface area contributed by atoms with Crippen molar-refractivity contribution in [1.29, 1.82) is 0 Å². The summed E-state index contributed by atoms with van der Waals surface area (Å²) >= 11 is 1.02. The number of anilines is 1. The van der Waals surface area contributed by atoms with Crippen LogP contribution in [0.4, 0.5) is 11.4 Å². The van der Waals surface area contributed by atoms with Gasteiger partial charge in [-0.2, -0.15) is 0 Å². The number of carbonyl (C=O) groups excluding carboxylic acids is 1. The van der Waals surface area contributed by atoms with Crippen molar-refractivity contribution in [1.82, 2.24) is 9.55 Å². The lowest BCUT2D eigenvalue weighted by Gasteiger charge is -2.11. The number of aromatic nitrogens is 2. The van der Waals surface area contributed by atoms with Gasteiger partial charge in [-0.05, 0) is 19.1 Å². The first-order valence-corrected chi connectivity index (χ1v) is 8.95. The summed E-state index contributed by atoms with van der Waals surface area (Å²) in [7, 11) is 1.35. The van der Waals surface area contributed by atoms with Crippen molar-refractivity contribution in [2.75, 3.05) is 12.4 Å². The van der Waals surface area contributed by atoms with Gasteiger partial charge >= 0.3 is 5.97 Å². The first kappa shape index (κ1) is 19.9. The topological polar surface area (TPSA) is 154 Å². The summed E-state index contributed by atoms with van der Waals surface area (Å²) in [5.74, 6) is -1.53. The van der Waals surface area contributed by atoms with E-state index in [1.54, 1.807) is 0 Å². The third-order valence-corrected chi connectivity index (χ3v) is 4.96.